The van der Waals surface area contributed by atoms with Crippen molar-refractivity contribution in [2.75, 3.05) is 0 Å². The molecule has 2 N–H and O–H groups in total. The summed E-state index contributed by atoms with van der Waals surface area (Å²) in [6, 6.07) is 1.16. The molecular formula is C8H10N3O. The van der Waals surface area contributed by atoms with E-state index in [2.05, 4.69) is 18.2 Å². The normalized spacial score (nSPS) is 19.1. The number of aromatic nitrogens is 2. The third kappa shape index (κ3) is 0.995. The third-order valence-electron chi connectivity index (χ3n) is 2.36. The van der Waals surface area contributed by atoms with Crippen LogP contribution in [0.15, 0.2) is 6.07 Å². The molecule has 12 heavy (non-hydrogen) atoms. The second-order valence-electron chi connectivity index (χ2n) is 3.47. The van der Waals surface area contributed by atoms with Crippen LogP contribution in [0, 0.1) is 6.20 Å². The third-order valence-corrected chi connectivity index (χ3v) is 2.36. The number of hydrogen-bond donors (Lipinski definition) is 1. The van der Waals surface area contributed by atoms with Gasteiger partial charge in [0.25, 0.3) is 0 Å². The molecule has 63 valence electrons. The quantitative estimate of drug-likeness (QED) is 0.662. The number of carbonyl (C=O) groups excluding carboxylic acids is 1. The van der Waals surface area contributed by atoms with Crippen molar-refractivity contribution in [2.45, 2.75) is 25.2 Å². The van der Waals surface area contributed by atoms with Crippen LogP contribution in [0.5, 0.6) is 0 Å². The van der Waals surface area contributed by atoms with Crippen molar-refractivity contribution >= 4 is 6.03 Å². The van der Waals surface area contributed by atoms with Crippen LogP contribution in [0.25, 0.3) is 0 Å². The molecule has 0 aromatic carbocycles. The summed E-state index contributed by atoms with van der Waals surface area (Å²) in [5.74, 6) is 0. The Morgan fingerprint density at radius 3 is 2.92 bits per heavy atom. The van der Waals surface area contributed by atoms with Gasteiger partial charge in [0.1, 0.15) is 0 Å². The highest BCUT2D eigenvalue weighted by Gasteiger charge is 2.41. The molecule has 0 bridgehead atoms. The maximum atomic E-state index is 10.7. The number of amides is 1. The van der Waals surface area contributed by atoms with E-state index in [1.165, 1.54) is 0 Å². The average Bonchev–Trinajstić information content (AvgIpc) is 2.61. The molecule has 1 amide bonds. The Morgan fingerprint density at radius 1 is 1.83 bits per heavy atom. The van der Waals surface area contributed by atoms with Crippen LogP contribution >= 0.6 is 0 Å². The lowest BCUT2D eigenvalue weighted by Gasteiger charge is -2.00. The van der Waals surface area contributed by atoms with E-state index in [0.29, 0.717) is 0 Å². The fraction of sp³-hybridized carbons (Fsp3) is 0.500. The van der Waals surface area contributed by atoms with E-state index >= 15 is 0 Å². The van der Waals surface area contributed by atoms with E-state index < -0.39 is 6.03 Å². The number of carbonyl (C=O) groups is 1. The van der Waals surface area contributed by atoms with Crippen molar-refractivity contribution in [2.24, 2.45) is 5.73 Å². The Morgan fingerprint density at radius 2 is 2.50 bits per heavy atom. The summed E-state index contributed by atoms with van der Waals surface area (Å²) in [5.41, 5.74) is 6.12. The predicted octanol–water partition coefficient (Wildman–Crippen LogP) is 0.662. The molecule has 1 aliphatic carbocycles. The summed E-state index contributed by atoms with van der Waals surface area (Å²) in [6.07, 6.45) is 4.95. The van der Waals surface area contributed by atoms with Gasteiger partial charge in [0.2, 0.25) is 0 Å². The number of nitrogens with zero attached hydrogens (tertiary/aromatic N) is 2. The van der Waals surface area contributed by atoms with E-state index in [4.69, 9.17) is 5.73 Å². The first-order valence-corrected chi connectivity index (χ1v) is 3.90. The standard InChI is InChI=1S/C8H10N3O/c1-8(3-4-8)6-2-5-11(10-6)7(9)12/h2H,3-4H2,1H3,(H2,9,12). The SMILES string of the molecule is CC1(c2c[c]n(C(N)=O)n2)CC1. The van der Waals surface area contributed by atoms with Gasteiger partial charge in [0.05, 0.1) is 11.9 Å². The van der Waals surface area contributed by atoms with Gasteiger partial charge >= 0.3 is 6.03 Å². The summed E-state index contributed by atoms with van der Waals surface area (Å²) >= 11 is 0. The monoisotopic (exact) mass is 164 g/mol. The van der Waals surface area contributed by atoms with E-state index in [0.717, 1.165) is 23.2 Å². The molecule has 1 aromatic rings. The van der Waals surface area contributed by atoms with Gasteiger partial charge in [-0.05, 0) is 18.9 Å². The Balaban J connectivity index is 2.30. The second kappa shape index (κ2) is 2.09. The summed E-state index contributed by atoms with van der Waals surface area (Å²) in [4.78, 5) is 10.7. The minimum absolute atomic E-state index is 0.178. The van der Waals surface area contributed by atoms with E-state index in [1.807, 2.05) is 0 Å². The number of hydrogen-bond acceptors (Lipinski definition) is 2. The second-order valence-corrected chi connectivity index (χ2v) is 3.47. The van der Waals surface area contributed by atoms with Crippen molar-refractivity contribution in [3.05, 3.63) is 18.0 Å². The Bertz CT molecular complexity index is 325. The highest BCUT2D eigenvalue weighted by Crippen LogP contribution is 2.46. The van der Waals surface area contributed by atoms with E-state index in [-0.39, 0.29) is 5.41 Å². The smallest absolute Gasteiger partial charge is 0.340 e. The van der Waals surface area contributed by atoms with Gasteiger partial charge in [-0.2, -0.15) is 9.78 Å². The Kier molecular flexibility index (Phi) is 1.28. The highest BCUT2D eigenvalue weighted by molar-refractivity contribution is 5.73. The molecule has 0 unspecified atom stereocenters. The Labute approximate surface area is 70.4 Å². The largest absolute Gasteiger partial charge is 0.350 e. The molecule has 0 aliphatic heterocycles. The zero-order valence-corrected chi connectivity index (χ0v) is 6.87. The lowest BCUT2D eigenvalue weighted by Crippen LogP contribution is -2.20. The molecule has 1 fully saturated rings. The van der Waals surface area contributed by atoms with Crippen LogP contribution in [0.1, 0.15) is 25.5 Å². The van der Waals surface area contributed by atoms with Crippen LogP contribution in [-0.2, 0) is 5.41 Å². The van der Waals surface area contributed by atoms with Gasteiger partial charge < -0.3 is 5.73 Å². The molecule has 1 saturated carbocycles. The lowest BCUT2D eigenvalue weighted by molar-refractivity contribution is 0.247. The van der Waals surface area contributed by atoms with Crippen LogP contribution < -0.4 is 5.73 Å². The van der Waals surface area contributed by atoms with Crippen molar-refractivity contribution < 1.29 is 4.79 Å². The fourth-order valence-electron chi connectivity index (χ4n) is 1.14. The average molecular weight is 164 g/mol. The van der Waals surface area contributed by atoms with E-state index in [9.17, 15) is 4.79 Å². The molecule has 0 spiro atoms. The Hall–Kier alpha value is -1.32. The zero-order chi connectivity index (χ0) is 8.77. The van der Waals surface area contributed by atoms with Gasteiger partial charge in [-0.1, -0.05) is 6.92 Å². The first-order valence-electron chi connectivity index (χ1n) is 3.90. The molecule has 1 aromatic heterocycles. The molecule has 1 aliphatic rings. The molecule has 4 nitrogen and oxygen atoms in total. The first-order chi connectivity index (χ1) is 5.62. The van der Waals surface area contributed by atoms with Gasteiger partial charge in [0, 0.05) is 5.41 Å². The van der Waals surface area contributed by atoms with Crippen LogP contribution in [0.2, 0.25) is 0 Å². The molecule has 0 saturated heterocycles. The number of nitrogens with two attached hydrogens (primary N) is 1. The van der Waals surface area contributed by atoms with Gasteiger partial charge in [-0.15, -0.1) is 0 Å². The van der Waals surface area contributed by atoms with E-state index in [1.54, 1.807) is 6.07 Å². The molecule has 4 heteroatoms. The van der Waals surface area contributed by atoms with Gasteiger partial charge in [-0.3, -0.25) is 0 Å². The summed E-state index contributed by atoms with van der Waals surface area (Å²) in [6.45, 7) is 2.12. The lowest BCUT2D eigenvalue weighted by atomic mass is 10.1. The van der Waals surface area contributed by atoms with Gasteiger partial charge in [0.15, 0.2) is 0 Å². The fourth-order valence-corrected chi connectivity index (χ4v) is 1.14. The first kappa shape index (κ1) is 7.34. The number of rotatable bonds is 1. The maximum Gasteiger partial charge on any atom is 0.340 e. The van der Waals surface area contributed by atoms with Crippen molar-refractivity contribution in [1.29, 1.82) is 0 Å². The van der Waals surface area contributed by atoms with Crippen LogP contribution in [0.4, 0.5) is 4.79 Å². The molecule has 1 radical (unpaired) electrons. The van der Waals surface area contributed by atoms with Crippen molar-refractivity contribution in [3.8, 4) is 0 Å². The van der Waals surface area contributed by atoms with Gasteiger partial charge in [-0.25, -0.2) is 4.79 Å². The van der Waals surface area contributed by atoms with Crippen LogP contribution in [-0.4, -0.2) is 15.8 Å². The summed E-state index contributed by atoms with van der Waals surface area (Å²) in [7, 11) is 0. The van der Waals surface area contributed by atoms with Crippen LogP contribution in [0.3, 0.4) is 0 Å². The highest BCUT2D eigenvalue weighted by atomic mass is 16.2. The molecular weight excluding hydrogens is 154 g/mol. The molecule has 2 rings (SSSR count). The van der Waals surface area contributed by atoms with Crippen molar-refractivity contribution in [1.82, 2.24) is 9.78 Å². The minimum Gasteiger partial charge on any atom is -0.350 e. The predicted molar refractivity (Wildman–Crippen MR) is 42.6 cm³/mol. The minimum atomic E-state index is -0.578. The van der Waals surface area contributed by atoms with Crippen molar-refractivity contribution in [3.63, 3.8) is 0 Å². The summed E-state index contributed by atoms with van der Waals surface area (Å²) in [5, 5.41) is 4.03. The zero-order valence-electron chi connectivity index (χ0n) is 6.87. The summed E-state index contributed by atoms with van der Waals surface area (Å²) < 4.78 is 1.05. The molecule has 1 heterocycles. The topological polar surface area (TPSA) is 60.9 Å². The number of primary amides is 1. The maximum absolute atomic E-state index is 10.7. The molecule has 0 atom stereocenters.